The van der Waals surface area contributed by atoms with Gasteiger partial charge in [0.1, 0.15) is 0 Å². The lowest BCUT2D eigenvalue weighted by atomic mass is 10.3. The van der Waals surface area contributed by atoms with Crippen molar-refractivity contribution >= 4 is 33.2 Å². The Balaban J connectivity index is 1.88. The summed E-state index contributed by atoms with van der Waals surface area (Å²) in [6, 6.07) is 13.2. The van der Waals surface area contributed by atoms with E-state index in [1.165, 1.54) is 41.2 Å². The van der Waals surface area contributed by atoms with Gasteiger partial charge in [-0.3, -0.25) is 9.59 Å². The molecule has 0 aliphatic heterocycles. The molecule has 0 fully saturated rings. The second-order valence-corrected chi connectivity index (χ2v) is 7.47. The molecule has 3 N–H and O–H groups in total. The Morgan fingerprint density at radius 1 is 1.11 bits per heavy atom. The lowest BCUT2D eigenvalue weighted by Gasteiger charge is -2.09. The Hall–Kier alpha value is -3.01. The van der Waals surface area contributed by atoms with Crippen LogP contribution in [-0.4, -0.2) is 24.1 Å². The van der Waals surface area contributed by atoms with Crippen molar-refractivity contribution in [2.75, 3.05) is 5.32 Å². The number of carbonyl (C=O) groups is 1. The van der Waals surface area contributed by atoms with Crippen molar-refractivity contribution in [3.63, 3.8) is 0 Å². The number of aromatic nitrogens is 2. The normalized spacial score (nSPS) is 11.2. The molecule has 0 spiro atoms. The standard InChI is InChI=1S/C17H13ClN4O4S/c18-11-2-1-3-13(10-11)22-9-8-15(23)16(21-22)17(24)20-12-4-6-14(7-5-12)27(19,25)26/h1-10H,(H,20,24)(H2,19,25,26). The third kappa shape index (κ3) is 4.40. The number of amides is 1. The van der Waals surface area contributed by atoms with Gasteiger partial charge in [0.25, 0.3) is 5.91 Å². The van der Waals surface area contributed by atoms with E-state index in [0.717, 1.165) is 0 Å². The fourth-order valence-electron chi connectivity index (χ4n) is 2.25. The van der Waals surface area contributed by atoms with Crippen LogP contribution in [0.3, 0.4) is 0 Å². The van der Waals surface area contributed by atoms with Crippen molar-refractivity contribution in [1.82, 2.24) is 9.78 Å². The summed E-state index contributed by atoms with van der Waals surface area (Å²) in [5.74, 6) is -0.736. The molecule has 0 aliphatic carbocycles. The van der Waals surface area contributed by atoms with Crippen molar-refractivity contribution < 1.29 is 13.2 Å². The zero-order valence-corrected chi connectivity index (χ0v) is 15.2. The molecule has 27 heavy (non-hydrogen) atoms. The first-order valence-corrected chi connectivity index (χ1v) is 9.46. The van der Waals surface area contributed by atoms with Crippen LogP contribution in [0.2, 0.25) is 5.02 Å². The van der Waals surface area contributed by atoms with E-state index in [2.05, 4.69) is 10.4 Å². The summed E-state index contributed by atoms with van der Waals surface area (Å²) in [7, 11) is -3.84. The maximum absolute atomic E-state index is 12.4. The molecule has 3 aromatic rings. The van der Waals surface area contributed by atoms with Crippen LogP contribution < -0.4 is 15.9 Å². The Labute approximate surface area is 159 Å². The molecule has 8 nitrogen and oxygen atoms in total. The molecule has 0 aliphatic rings. The average molecular weight is 405 g/mol. The van der Waals surface area contributed by atoms with Crippen LogP contribution in [0.15, 0.2) is 70.5 Å². The van der Waals surface area contributed by atoms with E-state index in [1.807, 2.05) is 0 Å². The third-order valence-electron chi connectivity index (χ3n) is 3.54. The Bertz CT molecular complexity index is 1170. The first kappa shape index (κ1) is 18.8. The molecular weight excluding hydrogens is 392 g/mol. The third-order valence-corrected chi connectivity index (χ3v) is 4.70. The van der Waals surface area contributed by atoms with Gasteiger partial charge in [0.15, 0.2) is 5.69 Å². The minimum absolute atomic E-state index is 0.0957. The predicted octanol–water partition coefficient (Wildman–Crippen LogP) is 1.79. The highest BCUT2D eigenvalue weighted by atomic mass is 35.5. The van der Waals surface area contributed by atoms with E-state index in [-0.39, 0.29) is 16.3 Å². The van der Waals surface area contributed by atoms with Gasteiger partial charge >= 0.3 is 0 Å². The predicted molar refractivity (Wildman–Crippen MR) is 101 cm³/mol. The van der Waals surface area contributed by atoms with Crippen molar-refractivity contribution in [2.45, 2.75) is 4.90 Å². The van der Waals surface area contributed by atoms with Crippen LogP contribution in [0.25, 0.3) is 5.69 Å². The molecule has 1 aromatic heterocycles. The van der Waals surface area contributed by atoms with Gasteiger partial charge in [0.05, 0.1) is 10.6 Å². The highest BCUT2D eigenvalue weighted by Gasteiger charge is 2.15. The molecule has 0 saturated heterocycles. The minimum atomic E-state index is -3.84. The molecule has 0 radical (unpaired) electrons. The fraction of sp³-hybridized carbons (Fsp3) is 0. The van der Waals surface area contributed by atoms with Crippen molar-refractivity contribution in [1.29, 1.82) is 0 Å². The maximum Gasteiger partial charge on any atom is 0.280 e. The molecule has 0 saturated carbocycles. The van der Waals surface area contributed by atoms with Gasteiger partial charge < -0.3 is 5.32 Å². The van der Waals surface area contributed by atoms with Gasteiger partial charge in [0, 0.05) is 23.0 Å². The molecule has 2 aromatic carbocycles. The number of sulfonamides is 1. The van der Waals surface area contributed by atoms with Crippen molar-refractivity contribution in [3.8, 4) is 5.69 Å². The number of nitrogens with zero attached hydrogens (tertiary/aromatic N) is 2. The molecule has 138 valence electrons. The van der Waals surface area contributed by atoms with Crippen LogP contribution in [-0.2, 0) is 10.0 Å². The van der Waals surface area contributed by atoms with Crippen LogP contribution in [0.5, 0.6) is 0 Å². The lowest BCUT2D eigenvalue weighted by molar-refractivity contribution is 0.101. The van der Waals surface area contributed by atoms with Gasteiger partial charge in [-0.15, -0.1) is 0 Å². The summed E-state index contributed by atoms with van der Waals surface area (Å²) in [4.78, 5) is 24.3. The second-order valence-electron chi connectivity index (χ2n) is 5.48. The summed E-state index contributed by atoms with van der Waals surface area (Å²) in [6.45, 7) is 0. The Morgan fingerprint density at radius 2 is 1.81 bits per heavy atom. The van der Waals surface area contributed by atoms with E-state index in [1.54, 1.807) is 24.3 Å². The highest BCUT2D eigenvalue weighted by molar-refractivity contribution is 7.89. The molecule has 1 amide bonds. The lowest BCUT2D eigenvalue weighted by Crippen LogP contribution is -2.25. The smallest absolute Gasteiger partial charge is 0.280 e. The van der Waals surface area contributed by atoms with Gasteiger partial charge in [-0.05, 0) is 42.5 Å². The number of nitrogens with two attached hydrogens (primary N) is 1. The van der Waals surface area contributed by atoms with Gasteiger partial charge in [-0.25, -0.2) is 18.2 Å². The monoisotopic (exact) mass is 404 g/mol. The number of anilines is 1. The summed E-state index contributed by atoms with van der Waals surface area (Å²) in [5.41, 5.74) is -0.0271. The van der Waals surface area contributed by atoms with Crippen molar-refractivity contribution in [2.24, 2.45) is 5.14 Å². The SMILES string of the molecule is NS(=O)(=O)c1ccc(NC(=O)c2nn(-c3cccc(Cl)c3)ccc2=O)cc1. The summed E-state index contributed by atoms with van der Waals surface area (Å²) in [5, 5.41) is 12.0. The average Bonchev–Trinajstić information content (AvgIpc) is 2.61. The van der Waals surface area contributed by atoms with E-state index in [0.29, 0.717) is 10.7 Å². The van der Waals surface area contributed by atoms with Crippen LogP contribution >= 0.6 is 11.6 Å². The zero-order valence-electron chi connectivity index (χ0n) is 13.7. The first-order valence-electron chi connectivity index (χ1n) is 7.54. The summed E-state index contributed by atoms with van der Waals surface area (Å²) in [6.07, 6.45) is 1.42. The number of hydrogen-bond acceptors (Lipinski definition) is 5. The highest BCUT2D eigenvalue weighted by Crippen LogP contribution is 2.15. The van der Waals surface area contributed by atoms with E-state index in [9.17, 15) is 18.0 Å². The van der Waals surface area contributed by atoms with Gasteiger partial charge in [-0.2, -0.15) is 5.10 Å². The Morgan fingerprint density at radius 3 is 2.44 bits per heavy atom. The van der Waals surface area contributed by atoms with Gasteiger partial charge in [0.2, 0.25) is 15.5 Å². The topological polar surface area (TPSA) is 124 Å². The largest absolute Gasteiger partial charge is 0.320 e. The Kier molecular flexibility index (Phi) is 5.08. The number of hydrogen-bond donors (Lipinski definition) is 2. The van der Waals surface area contributed by atoms with Crippen LogP contribution in [0.4, 0.5) is 5.69 Å². The number of nitrogens with one attached hydrogen (secondary N) is 1. The quantitative estimate of drug-likeness (QED) is 0.685. The molecule has 0 unspecified atom stereocenters. The van der Waals surface area contributed by atoms with Gasteiger partial charge in [-0.1, -0.05) is 17.7 Å². The second kappa shape index (κ2) is 7.31. The van der Waals surface area contributed by atoms with Crippen molar-refractivity contribution in [3.05, 3.63) is 81.7 Å². The maximum atomic E-state index is 12.4. The van der Waals surface area contributed by atoms with E-state index >= 15 is 0 Å². The van der Waals surface area contributed by atoms with Crippen LogP contribution in [0.1, 0.15) is 10.5 Å². The van der Waals surface area contributed by atoms with E-state index in [4.69, 9.17) is 16.7 Å². The summed E-state index contributed by atoms with van der Waals surface area (Å²) >= 11 is 5.95. The number of primary sulfonamides is 1. The minimum Gasteiger partial charge on any atom is -0.320 e. The van der Waals surface area contributed by atoms with E-state index < -0.39 is 21.4 Å². The molecule has 3 rings (SSSR count). The number of halogens is 1. The first-order chi connectivity index (χ1) is 12.7. The molecule has 0 bridgehead atoms. The van der Waals surface area contributed by atoms with Crippen LogP contribution in [0, 0.1) is 0 Å². The summed E-state index contributed by atoms with van der Waals surface area (Å²) < 4.78 is 23.9. The fourth-order valence-corrected chi connectivity index (χ4v) is 2.95. The zero-order chi connectivity index (χ0) is 19.6. The number of benzene rings is 2. The molecule has 0 atom stereocenters. The molecule has 10 heteroatoms. The molecule has 1 heterocycles. The number of rotatable bonds is 4. The molecular formula is C17H13ClN4O4S. The number of carbonyl (C=O) groups excluding carboxylic acids is 1.